The molecule has 2 N–H and O–H groups in total. The van der Waals surface area contributed by atoms with Crippen LogP contribution in [0.5, 0.6) is 0 Å². The number of hydrogen-bond acceptors (Lipinski definition) is 12. The number of thiol groups is 2. The Morgan fingerprint density at radius 3 is 1.46 bits per heavy atom. The maximum Gasteiger partial charge on any atom is 0.386 e. The molecule has 2 aromatic heterocycles. The second-order valence-corrected chi connectivity index (χ2v) is 18.0. The number of hydrogen-bond donors (Lipinski definition) is 4. The number of imidazole rings is 2. The van der Waals surface area contributed by atoms with Crippen LogP contribution in [0.15, 0.2) is 36.9 Å². The van der Waals surface area contributed by atoms with E-state index in [0.29, 0.717) is 22.1 Å². The second kappa shape index (κ2) is 12.6. The highest BCUT2D eigenvalue weighted by Crippen LogP contribution is 2.60. The Bertz CT molecular complexity index is 1800. The van der Waals surface area contributed by atoms with Gasteiger partial charge in [-0.05, 0) is 24.3 Å². The Morgan fingerprint density at radius 1 is 0.696 bits per heavy atom. The van der Waals surface area contributed by atoms with Gasteiger partial charge < -0.3 is 28.8 Å². The zero-order chi connectivity index (χ0) is 32.7. The first kappa shape index (κ1) is 33.9. The molecule has 3 saturated heterocycles. The first-order valence-electron chi connectivity index (χ1n) is 13.3. The Kier molecular flexibility index (Phi) is 9.28. The molecular weight excluding hydrogens is 772 g/mol. The van der Waals surface area contributed by atoms with Gasteiger partial charge in [-0.1, -0.05) is 70.9 Å². The average molecular weight is 794 g/mol. The molecule has 3 aliphatic heterocycles. The number of aliphatic hydroxyl groups is 2. The molecule has 4 aromatic rings. The fourth-order valence-corrected chi connectivity index (χ4v) is 9.20. The van der Waals surface area contributed by atoms with Crippen molar-refractivity contribution in [3.8, 4) is 0 Å². The first-order chi connectivity index (χ1) is 21.7. The molecule has 22 heteroatoms. The van der Waals surface area contributed by atoms with Gasteiger partial charge in [-0.3, -0.25) is 18.1 Å². The monoisotopic (exact) mass is 792 g/mol. The number of benzene rings is 2. The van der Waals surface area contributed by atoms with Crippen LogP contribution in [0.2, 0.25) is 20.1 Å². The van der Waals surface area contributed by atoms with Crippen LogP contribution in [0, 0.1) is 0 Å². The fourth-order valence-electron chi connectivity index (χ4n) is 5.58. The highest BCUT2D eigenvalue weighted by Gasteiger charge is 2.53. The van der Waals surface area contributed by atoms with Crippen LogP contribution >= 0.6 is 84.5 Å². The van der Waals surface area contributed by atoms with E-state index in [1.165, 1.54) is 21.8 Å². The Balaban J connectivity index is 1.16. The number of ether oxygens (including phenoxy) is 2. The summed E-state index contributed by atoms with van der Waals surface area (Å²) in [7, 11) is 0. The summed E-state index contributed by atoms with van der Waals surface area (Å²) in [6, 6.07) is 6.17. The minimum Gasteiger partial charge on any atom is -0.386 e. The molecule has 0 radical (unpaired) electrons. The summed E-state index contributed by atoms with van der Waals surface area (Å²) in [5, 5.41) is 23.7. The summed E-state index contributed by atoms with van der Waals surface area (Å²) in [6.45, 7) is -9.57. The van der Waals surface area contributed by atoms with Gasteiger partial charge in [0.05, 0.1) is 68.0 Å². The van der Waals surface area contributed by atoms with Crippen molar-refractivity contribution in [2.24, 2.45) is 0 Å². The van der Waals surface area contributed by atoms with Gasteiger partial charge in [0.1, 0.15) is 36.6 Å². The highest BCUT2D eigenvalue weighted by atomic mass is 35.5. The summed E-state index contributed by atoms with van der Waals surface area (Å²) in [5.74, 6) is 0. The summed E-state index contributed by atoms with van der Waals surface area (Å²) in [5.41, 5.74) is 1.86. The average Bonchev–Trinajstić information content (AvgIpc) is 3.72. The molecule has 46 heavy (non-hydrogen) atoms. The van der Waals surface area contributed by atoms with Crippen molar-refractivity contribution in [3.05, 3.63) is 57.0 Å². The Hall–Kier alpha value is -0.620. The van der Waals surface area contributed by atoms with Gasteiger partial charge in [-0.15, -0.1) is 0 Å². The van der Waals surface area contributed by atoms with Gasteiger partial charge in [-0.2, -0.15) is 0 Å². The molecule has 3 aliphatic rings. The molecule has 10 unspecified atom stereocenters. The molecule has 0 saturated carbocycles. The van der Waals surface area contributed by atoms with Crippen LogP contribution in [0.1, 0.15) is 12.5 Å². The van der Waals surface area contributed by atoms with E-state index < -0.39 is 75.9 Å². The van der Waals surface area contributed by atoms with Gasteiger partial charge in [0.15, 0.2) is 12.5 Å². The Morgan fingerprint density at radius 2 is 1.07 bits per heavy atom. The van der Waals surface area contributed by atoms with Crippen LogP contribution in [0.25, 0.3) is 22.1 Å². The van der Waals surface area contributed by atoms with Gasteiger partial charge in [0, 0.05) is 0 Å². The first-order valence-corrected chi connectivity index (χ1v) is 20.2. The third-order valence-corrected chi connectivity index (χ3v) is 12.4. The molecule has 3 fully saturated rings. The van der Waals surface area contributed by atoms with Gasteiger partial charge >= 0.3 is 13.6 Å². The van der Waals surface area contributed by atoms with E-state index in [1.807, 2.05) is 0 Å². The van der Waals surface area contributed by atoms with Crippen LogP contribution in [0.4, 0.5) is 0 Å². The molecule has 14 nitrogen and oxygen atoms in total. The zero-order valence-corrected chi connectivity index (χ0v) is 29.3. The fraction of sp³-hybridized carbons (Fsp3) is 0.417. The van der Waals surface area contributed by atoms with Crippen molar-refractivity contribution < 1.29 is 46.9 Å². The van der Waals surface area contributed by atoms with E-state index in [9.17, 15) is 19.3 Å². The summed E-state index contributed by atoms with van der Waals surface area (Å²) >= 11 is 32.9. The minimum atomic E-state index is -4.26. The molecule has 10 atom stereocenters. The van der Waals surface area contributed by atoms with Gasteiger partial charge in [0.25, 0.3) is 0 Å². The molecule has 0 aliphatic carbocycles. The molecule has 248 valence electrons. The van der Waals surface area contributed by atoms with Crippen molar-refractivity contribution in [2.75, 3.05) is 13.2 Å². The molecular formula is C24H22Cl4N4O10P2S2. The number of fused-ring (bicyclic) bond motifs is 4. The van der Waals surface area contributed by atoms with Crippen molar-refractivity contribution in [3.63, 3.8) is 0 Å². The number of aromatic nitrogens is 4. The third-order valence-electron chi connectivity index (χ3n) is 7.71. The van der Waals surface area contributed by atoms with Crippen molar-refractivity contribution in [2.45, 2.75) is 49.1 Å². The summed E-state index contributed by atoms with van der Waals surface area (Å²) < 4.78 is 64.5. The number of halogens is 4. The maximum absolute atomic E-state index is 13.5. The van der Waals surface area contributed by atoms with E-state index in [-0.39, 0.29) is 20.1 Å². The minimum absolute atomic E-state index is 0.238. The lowest BCUT2D eigenvalue weighted by molar-refractivity contribution is -0.0559. The topological polar surface area (TPSA) is 166 Å². The molecule has 7 rings (SSSR count). The molecule has 5 heterocycles. The molecule has 0 amide bonds. The third kappa shape index (κ3) is 6.28. The lowest BCUT2D eigenvalue weighted by Crippen LogP contribution is -2.38. The largest absolute Gasteiger partial charge is 0.386 e. The number of rotatable bonds is 2. The van der Waals surface area contributed by atoms with E-state index >= 15 is 0 Å². The summed E-state index contributed by atoms with van der Waals surface area (Å²) in [6.07, 6.45) is -7.59. The molecule has 0 spiro atoms. The normalized spacial score (nSPS) is 37.2. The second-order valence-electron chi connectivity index (χ2n) is 10.6. The molecule has 2 aromatic carbocycles. The quantitative estimate of drug-likeness (QED) is 0.136. The standard InChI is InChI=1S/C24H22Cl4N4O10P2S2/c25-9-1-13-15(3-11(9)27)31(7-29-13)23-19(33)21-17(39-23)5-37-44(36,46)42-22-18(6-38-43(35,45)41-21)40-24(20(22)34)32-8-30-14-2-10(26)12(28)4-16(14)32/h1-4,7-8,17-24,33-34H,5-6H2,(H,35,45)(H,36,46). The van der Waals surface area contributed by atoms with Crippen LogP contribution in [-0.4, -0.2) is 79.2 Å². The lowest BCUT2D eigenvalue weighted by atomic mass is 10.1. The van der Waals surface area contributed by atoms with Crippen LogP contribution in [-0.2, 0) is 36.7 Å². The summed E-state index contributed by atoms with van der Waals surface area (Å²) in [4.78, 5) is 8.56. The van der Waals surface area contributed by atoms with Crippen molar-refractivity contribution in [1.82, 2.24) is 19.1 Å². The van der Waals surface area contributed by atoms with Crippen molar-refractivity contribution in [1.29, 1.82) is 0 Å². The number of aliphatic hydroxyl groups excluding tert-OH is 2. The van der Waals surface area contributed by atoms with Crippen LogP contribution in [0.3, 0.4) is 0 Å². The number of nitrogens with zero attached hydrogens (tertiary/aromatic N) is 4. The SMILES string of the molecule is O=P1(S)OCC2OC(n3cnc4cc(Cl)c(Cl)cc43)C(O)C2OP(=O)(S)OCC2OC(n3cnc4cc(Cl)c(Cl)cc43)C(O)C2O1. The van der Waals surface area contributed by atoms with Gasteiger partial charge in [0.2, 0.25) is 0 Å². The van der Waals surface area contributed by atoms with Crippen LogP contribution < -0.4 is 0 Å². The maximum atomic E-state index is 13.5. The van der Waals surface area contributed by atoms with Crippen molar-refractivity contribution >= 4 is 107 Å². The van der Waals surface area contributed by atoms with Gasteiger partial charge in [-0.25, -0.2) is 19.1 Å². The lowest BCUT2D eigenvalue weighted by Gasteiger charge is -2.28. The predicted octanol–water partition coefficient (Wildman–Crippen LogP) is 6.11. The Labute approximate surface area is 290 Å². The zero-order valence-electron chi connectivity index (χ0n) is 22.7. The highest BCUT2D eigenvalue weighted by molar-refractivity contribution is 8.44. The predicted molar refractivity (Wildman–Crippen MR) is 174 cm³/mol. The molecule has 0 bridgehead atoms. The smallest absolute Gasteiger partial charge is 0.386 e. The van der Waals surface area contributed by atoms with E-state index in [2.05, 4.69) is 34.5 Å². The van der Waals surface area contributed by atoms with E-state index in [1.54, 1.807) is 24.3 Å². The van der Waals surface area contributed by atoms with E-state index in [0.717, 1.165) is 0 Å². The van der Waals surface area contributed by atoms with E-state index in [4.69, 9.17) is 74.0 Å².